The molecule has 2 N–H and O–H groups in total. The van der Waals surface area contributed by atoms with Gasteiger partial charge >= 0.3 is 6.09 Å². The number of nitrogens with one attached hydrogen (secondary N) is 1. The molecule has 2 saturated heterocycles. The Bertz CT molecular complexity index is 512. The van der Waals surface area contributed by atoms with E-state index >= 15 is 0 Å². The van der Waals surface area contributed by atoms with Crippen molar-refractivity contribution >= 4 is 6.09 Å². The predicted octanol–water partition coefficient (Wildman–Crippen LogP) is 2.00. The van der Waals surface area contributed by atoms with Crippen LogP contribution in [0.25, 0.3) is 0 Å². The number of halogens is 1. The molecule has 1 atom stereocenters. The van der Waals surface area contributed by atoms with Gasteiger partial charge in [-0.25, -0.2) is 9.18 Å². The molecule has 0 radical (unpaired) electrons. The summed E-state index contributed by atoms with van der Waals surface area (Å²) in [6, 6.07) is 6.36. The smallest absolute Gasteiger partial charge is 0.407 e. The van der Waals surface area contributed by atoms with Crippen LogP contribution < -0.4 is 5.32 Å². The number of ether oxygens (including phenoxy) is 1. The van der Waals surface area contributed by atoms with E-state index < -0.39 is 6.09 Å². The third kappa shape index (κ3) is 3.01. The van der Waals surface area contributed by atoms with E-state index in [1.807, 2.05) is 0 Å². The number of likely N-dealkylation sites (tertiary alicyclic amines) is 1. The summed E-state index contributed by atoms with van der Waals surface area (Å²) >= 11 is 0. The van der Waals surface area contributed by atoms with Gasteiger partial charge in [-0.2, -0.15) is 0 Å². The Morgan fingerprint density at radius 1 is 1.33 bits per heavy atom. The number of carboxylic acid groups (broad SMARTS) is 1. The number of amides is 1. The third-order valence-electron chi connectivity index (χ3n) is 4.36. The lowest BCUT2D eigenvalue weighted by molar-refractivity contribution is -0.141. The summed E-state index contributed by atoms with van der Waals surface area (Å²) in [4.78, 5) is 12.4. The second kappa shape index (κ2) is 5.61. The molecular weight excluding hydrogens is 275 g/mol. The molecule has 21 heavy (non-hydrogen) atoms. The molecule has 0 saturated carbocycles. The van der Waals surface area contributed by atoms with Crippen LogP contribution in [0.1, 0.15) is 24.5 Å². The lowest BCUT2D eigenvalue weighted by Gasteiger charge is -2.46. The summed E-state index contributed by atoms with van der Waals surface area (Å²) in [7, 11) is 0. The van der Waals surface area contributed by atoms with E-state index in [1.165, 1.54) is 17.0 Å². The summed E-state index contributed by atoms with van der Waals surface area (Å²) in [6.07, 6.45) is 0.382. The van der Waals surface area contributed by atoms with Crippen LogP contribution in [0.3, 0.4) is 0 Å². The maximum absolute atomic E-state index is 13.0. The van der Waals surface area contributed by atoms with E-state index in [2.05, 4.69) is 5.32 Å². The number of morpholine rings is 1. The molecule has 2 fully saturated rings. The van der Waals surface area contributed by atoms with Crippen LogP contribution in [-0.2, 0) is 4.74 Å². The first-order chi connectivity index (χ1) is 10.1. The molecule has 2 aliphatic rings. The number of rotatable bonds is 1. The minimum Gasteiger partial charge on any atom is -0.465 e. The first-order valence-electron chi connectivity index (χ1n) is 7.20. The Kier molecular flexibility index (Phi) is 3.82. The van der Waals surface area contributed by atoms with Gasteiger partial charge in [-0.05, 0) is 30.5 Å². The highest BCUT2D eigenvalue weighted by atomic mass is 19.1. The van der Waals surface area contributed by atoms with Crippen molar-refractivity contribution in [3.8, 4) is 0 Å². The van der Waals surface area contributed by atoms with Crippen molar-refractivity contribution in [1.82, 2.24) is 10.2 Å². The van der Waals surface area contributed by atoms with Gasteiger partial charge in [0.15, 0.2) is 0 Å². The minimum absolute atomic E-state index is 0.115. The van der Waals surface area contributed by atoms with E-state index in [-0.39, 0.29) is 17.5 Å². The quantitative estimate of drug-likeness (QED) is 0.831. The van der Waals surface area contributed by atoms with E-state index in [0.717, 1.165) is 12.1 Å². The number of hydrogen-bond donors (Lipinski definition) is 2. The van der Waals surface area contributed by atoms with Crippen molar-refractivity contribution in [2.75, 3.05) is 26.2 Å². The summed E-state index contributed by atoms with van der Waals surface area (Å²) < 4.78 is 19.3. The summed E-state index contributed by atoms with van der Waals surface area (Å²) in [6.45, 7) is 2.41. The third-order valence-corrected chi connectivity index (χ3v) is 4.36. The molecule has 3 rings (SSSR count). The number of piperidine rings is 1. The van der Waals surface area contributed by atoms with Crippen molar-refractivity contribution in [2.45, 2.75) is 24.5 Å². The normalized spacial score (nSPS) is 25.0. The molecule has 6 heteroatoms. The Balaban J connectivity index is 1.68. The van der Waals surface area contributed by atoms with Crippen LogP contribution in [0.4, 0.5) is 9.18 Å². The molecule has 1 spiro atoms. The van der Waals surface area contributed by atoms with Crippen molar-refractivity contribution in [3.05, 3.63) is 35.6 Å². The second-order valence-corrected chi connectivity index (χ2v) is 5.74. The Morgan fingerprint density at radius 3 is 2.62 bits per heavy atom. The standard InChI is InChI=1S/C15H19FN2O3/c16-12-3-1-11(2-4-12)13-9-17-10-15(21-13)5-7-18(8-6-15)14(19)20/h1-4,13,17H,5-10H2,(H,19,20). The van der Waals surface area contributed by atoms with Crippen molar-refractivity contribution < 1.29 is 19.0 Å². The van der Waals surface area contributed by atoms with Crippen LogP contribution in [0.2, 0.25) is 0 Å². The van der Waals surface area contributed by atoms with Crippen LogP contribution in [0.5, 0.6) is 0 Å². The van der Waals surface area contributed by atoms with Gasteiger partial charge in [0.05, 0.1) is 11.7 Å². The number of benzene rings is 1. The summed E-state index contributed by atoms with van der Waals surface area (Å²) in [5.74, 6) is -0.257. The van der Waals surface area contributed by atoms with Gasteiger partial charge in [-0.3, -0.25) is 0 Å². The van der Waals surface area contributed by atoms with Crippen molar-refractivity contribution in [2.24, 2.45) is 0 Å². The van der Waals surface area contributed by atoms with E-state index in [1.54, 1.807) is 12.1 Å². The highest BCUT2D eigenvalue weighted by Crippen LogP contribution is 2.34. The fraction of sp³-hybridized carbons (Fsp3) is 0.533. The molecule has 0 aliphatic carbocycles. The molecule has 1 aromatic rings. The number of hydrogen-bond acceptors (Lipinski definition) is 3. The maximum Gasteiger partial charge on any atom is 0.407 e. The fourth-order valence-corrected chi connectivity index (χ4v) is 3.08. The van der Waals surface area contributed by atoms with Crippen LogP contribution in [-0.4, -0.2) is 47.9 Å². The highest BCUT2D eigenvalue weighted by Gasteiger charge is 2.41. The van der Waals surface area contributed by atoms with Gasteiger partial charge in [0.2, 0.25) is 0 Å². The zero-order chi connectivity index (χ0) is 14.9. The second-order valence-electron chi connectivity index (χ2n) is 5.74. The number of carbonyl (C=O) groups is 1. The first-order valence-corrected chi connectivity index (χ1v) is 7.20. The van der Waals surface area contributed by atoms with Gasteiger partial charge in [-0.15, -0.1) is 0 Å². The SMILES string of the molecule is O=C(O)N1CCC2(CC1)CNCC(c1ccc(F)cc1)O2. The van der Waals surface area contributed by atoms with Crippen LogP contribution in [0, 0.1) is 5.82 Å². The molecule has 5 nitrogen and oxygen atoms in total. The van der Waals surface area contributed by atoms with Gasteiger partial charge in [0.1, 0.15) is 5.82 Å². The Hall–Kier alpha value is -1.66. The zero-order valence-corrected chi connectivity index (χ0v) is 11.7. The lowest BCUT2D eigenvalue weighted by Crippen LogP contribution is -2.56. The summed E-state index contributed by atoms with van der Waals surface area (Å²) in [5.41, 5.74) is 0.632. The predicted molar refractivity (Wildman–Crippen MR) is 74.7 cm³/mol. The Labute approximate surface area is 122 Å². The van der Waals surface area contributed by atoms with Crippen LogP contribution in [0.15, 0.2) is 24.3 Å². The average molecular weight is 294 g/mol. The molecule has 0 bridgehead atoms. The molecule has 1 amide bonds. The number of nitrogens with zero attached hydrogens (tertiary/aromatic N) is 1. The van der Waals surface area contributed by atoms with Gasteiger partial charge in [0.25, 0.3) is 0 Å². The Morgan fingerprint density at radius 2 is 2.00 bits per heavy atom. The van der Waals surface area contributed by atoms with E-state index in [4.69, 9.17) is 9.84 Å². The van der Waals surface area contributed by atoms with Gasteiger partial charge in [0, 0.05) is 26.2 Å². The molecule has 2 heterocycles. The van der Waals surface area contributed by atoms with Crippen LogP contribution >= 0.6 is 0 Å². The molecule has 0 aromatic heterocycles. The fourth-order valence-electron chi connectivity index (χ4n) is 3.08. The molecule has 114 valence electrons. The van der Waals surface area contributed by atoms with E-state index in [0.29, 0.717) is 32.5 Å². The highest BCUT2D eigenvalue weighted by molar-refractivity contribution is 5.65. The minimum atomic E-state index is -0.872. The monoisotopic (exact) mass is 294 g/mol. The van der Waals surface area contributed by atoms with Gasteiger partial charge in [-0.1, -0.05) is 12.1 Å². The van der Waals surface area contributed by atoms with E-state index in [9.17, 15) is 9.18 Å². The molecule has 1 aromatic carbocycles. The van der Waals surface area contributed by atoms with Crippen molar-refractivity contribution in [1.29, 1.82) is 0 Å². The topological polar surface area (TPSA) is 61.8 Å². The zero-order valence-electron chi connectivity index (χ0n) is 11.7. The largest absolute Gasteiger partial charge is 0.465 e. The maximum atomic E-state index is 13.0. The molecule has 1 unspecified atom stereocenters. The lowest BCUT2D eigenvalue weighted by atomic mass is 9.89. The van der Waals surface area contributed by atoms with Crippen molar-refractivity contribution in [3.63, 3.8) is 0 Å². The molecule has 2 aliphatic heterocycles. The molecular formula is C15H19FN2O3. The average Bonchev–Trinajstić information content (AvgIpc) is 2.48. The first kappa shape index (κ1) is 14.3. The summed E-state index contributed by atoms with van der Waals surface area (Å²) in [5, 5.41) is 12.4. The van der Waals surface area contributed by atoms with Gasteiger partial charge < -0.3 is 20.1 Å².